The lowest BCUT2D eigenvalue weighted by atomic mass is 10.2. The van der Waals surface area contributed by atoms with Crippen LogP contribution >= 0.6 is 12.4 Å². The van der Waals surface area contributed by atoms with Crippen molar-refractivity contribution in [3.63, 3.8) is 0 Å². The molecule has 7 heteroatoms. The molecule has 0 radical (unpaired) electrons. The van der Waals surface area contributed by atoms with Gasteiger partial charge in [-0.2, -0.15) is 5.10 Å². The number of carbonyl (C=O) groups is 1. The van der Waals surface area contributed by atoms with Gasteiger partial charge in [-0.15, -0.1) is 12.4 Å². The predicted molar refractivity (Wildman–Crippen MR) is 66.2 cm³/mol. The highest BCUT2D eigenvalue weighted by Crippen LogP contribution is 2.11. The maximum Gasteiger partial charge on any atom is 0.242 e. The molecule has 1 aliphatic rings. The summed E-state index contributed by atoms with van der Waals surface area (Å²) in [6, 6.07) is 1.45. The molecule has 1 fully saturated rings. The van der Waals surface area contributed by atoms with Gasteiger partial charge in [0.05, 0.1) is 18.3 Å². The number of aryl methyl sites for hydroxylation is 1. The Bertz CT molecular complexity index is 382. The van der Waals surface area contributed by atoms with E-state index >= 15 is 0 Å². The fraction of sp³-hybridized carbons (Fsp3) is 0.600. The van der Waals surface area contributed by atoms with Gasteiger partial charge in [-0.1, -0.05) is 0 Å². The van der Waals surface area contributed by atoms with Crippen LogP contribution in [0.5, 0.6) is 0 Å². The van der Waals surface area contributed by atoms with Crippen LogP contribution in [0.2, 0.25) is 0 Å². The first-order chi connectivity index (χ1) is 7.70. The molecule has 0 saturated carbocycles. The largest absolute Gasteiger partial charge is 0.392 e. The summed E-state index contributed by atoms with van der Waals surface area (Å²) in [6.07, 6.45) is 1.69. The molecule has 17 heavy (non-hydrogen) atoms. The van der Waals surface area contributed by atoms with Crippen LogP contribution in [0, 0.1) is 0 Å². The fourth-order valence-electron chi connectivity index (χ4n) is 1.82. The van der Waals surface area contributed by atoms with Crippen molar-refractivity contribution in [2.45, 2.75) is 32.0 Å². The fourth-order valence-corrected chi connectivity index (χ4v) is 1.82. The highest BCUT2D eigenvalue weighted by molar-refractivity contribution is 5.94. The summed E-state index contributed by atoms with van der Waals surface area (Å²) in [5.41, 5.74) is 0. The Balaban J connectivity index is 0.00000144. The Morgan fingerprint density at radius 2 is 2.53 bits per heavy atom. The van der Waals surface area contributed by atoms with Crippen LogP contribution < -0.4 is 10.6 Å². The van der Waals surface area contributed by atoms with Crippen molar-refractivity contribution >= 4 is 24.1 Å². The topological polar surface area (TPSA) is 79.2 Å². The first-order valence-electron chi connectivity index (χ1n) is 5.45. The molecule has 0 unspecified atom stereocenters. The quantitative estimate of drug-likeness (QED) is 0.714. The Kier molecular flexibility index (Phi) is 4.92. The number of carbonyl (C=O) groups excluding carboxylic acids is 1. The maximum atomic E-state index is 11.8. The number of aromatic nitrogens is 2. The summed E-state index contributed by atoms with van der Waals surface area (Å²) in [7, 11) is 0. The van der Waals surface area contributed by atoms with E-state index in [0.717, 1.165) is 0 Å². The first kappa shape index (κ1) is 14.0. The van der Waals surface area contributed by atoms with E-state index in [9.17, 15) is 9.90 Å². The number of aliphatic hydroxyl groups is 1. The van der Waals surface area contributed by atoms with Crippen molar-refractivity contribution in [2.75, 3.05) is 11.9 Å². The molecule has 3 N–H and O–H groups in total. The number of hydrogen-bond donors (Lipinski definition) is 3. The summed E-state index contributed by atoms with van der Waals surface area (Å²) in [5, 5.41) is 19.1. The van der Waals surface area contributed by atoms with E-state index in [1.165, 1.54) is 0 Å². The summed E-state index contributed by atoms with van der Waals surface area (Å²) in [5.74, 6) is 0.572. The number of β-amino-alcohol motifs (C(OH)–C–C–N with tert-alkyl or cyclic N) is 1. The molecule has 2 atom stereocenters. The molecule has 1 aromatic rings. The van der Waals surface area contributed by atoms with Crippen molar-refractivity contribution in [3.05, 3.63) is 12.3 Å². The van der Waals surface area contributed by atoms with Gasteiger partial charge in [0.1, 0.15) is 5.82 Å². The van der Waals surface area contributed by atoms with E-state index < -0.39 is 6.10 Å². The molecule has 2 rings (SSSR count). The van der Waals surface area contributed by atoms with Crippen molar-refractivity contribution in [3.8, 4) is 0 Å². The van der Waals surface area contributed by atoms with Crippen LogP contribution in [0.4, 0.5) is 5.82 Å². The maximum absolute atomic E-state index is 11.8. The van der Waals surface area contributed by atoms with Gasteiger partial charge in [-0.25, -0.2) is 4.68 Å². The monoisotopic (exact) mass is 260 g/mol. The molecule has 6 nitrogen and oxygen atoms in total. The van der Waals surface area contributed by atoms with Crippen molar-refractivity contribution in [2.24, 2.45) is 0 Å². The second-order valence-corrected chi connectivity index (χ2v) is 3.87. The number of nitrogens with zero attached hydrogens (tertiary/aromatic N) is 2. The number of aliphatic hydroxyl groups excluding tert-OH is 1. The Morgan fingerprint density at radius 1 is 1.76 bits per heavy atom. The van der Waals surface area contributed by atoms with Crippen molar-refractivity contribution in [1.29, 1.82) is 0 Å². The molecule has 0 bridgehead atoms. The minimum Gasteiger partial charge on any atom is -0.392 e. The van der Waals surface area contributed by atoms with E-state index in [4.69, 9.17) is 0 Å². The molecule has 1 aliphatic heterocycles. The second-order valence-electron chi connectivity index (χ2n) is 3.87. The van der Waals surface area contributed by atoms with Crippen LogP contribution in [-0.4, -0.2) is 39.5 Å². The summed E-state index contributed by atoms with van der Waals surface area (Å²) in [4.78, 5) is 11.8. The van der Waals surface area contributed by atoms with E-state index in [1.807, 2.05) is 6.92 Å². The summed E-state index contributed by atoms with van der Waals surface area (Å²) < 4.78 is 1.71. The van der Waals surface area contributed by atoms with Crippen LogP contribution in [0.15, 0.2) is 12.3 Å². The van der Waals surface area contributed by atoms with Crippen LogP contribution in [0.1, 0.15) is 13.3 Å². The van der Waals surface area contributed by atoms with Gasteiger partial charge >= 0.3 is 0 Å². The number of anilines is 1. The number of hydrogen-bond acceptors (Lipinski definition) is 4. The van der Waals surface area contributed by atoms with E-state index in [1.54, 1.807) is 16.9 Å². The number of nitrogens with one attached hydrogen (secondary N) is 2. The van der Waals surface area contributed by atoms with E-state index in [2.05, 4.69) is 15.7 Å². The van der Waals surface area contributed by atoms with Crippen LogP contribution in [0.3, 0.4) is 0 Å². The molecule has 2 heterocycles. The standard InChI is InChI=1S/C10H16N4O2.ClH/c1-2-14-9(3-4-12-14)13-10(16)8-5-7(15)6-11-8;/h3-4,7-8,11,15H,2,5-6H2,1H3,(H,13,16);1H/t7-,8-;/m1./s1. The highest BCUT2D eigenvalue weighted by atomic mass is 35.5. The minimum atomic E-state index is -0.424. The third-order valence-corrected chi connectivity index (χ3v) is 2.69. The molecule has 1 aromatic heterocycles. The van der Waals surface area contributed by atoms with Gasteiger partial charge in [-0.3, -0.25) is 4.79 Å². The van der Waals surface area contributed by atoms with E-state index in [-0.39, 0.29) is 24.4 Å². The number of amides is 1. The zero-order valence-electron chi connectivity index (χ0n) is 9.59. The van der Waals surface area contributed by atoms with Crippen LogP contribution in [0.25, 0.3) is 0 Å². The molecule has 96 valence electrons. The lowest BCUT2D eigenvalue weighted by Gasteiger charge is -2.11. The van der Waals surface area contributed by atoms with Gasteiger partial charge in [0.15, 0.2) is 0 Å². The molecule has 0 aliphatic carbocycles. The Morgan fingerprint density at radius 3 is 3.12 bits per heavy atom. The lowest BCUT2D eigenvalue weighted by Crippen LogP contribution is -2.36. The van der Waals surface area contributed by atoms with Gasteiger partial charge in [0, 0.05) is 19.2 Å². The zero-order chi connectivity index (χ0) is 11.5. The molecule has 1 amide bonds. The summed E-state index contributed by atoms with van der Waals surface area (Å²) in [6.45, 7) is 3.15. The van der Waals surface area contributed by atoms with Crippen LogP contribution in [-0.2, 0) is 11.3 Å². The van der Waals surface area contributed by atoms with Gasteiger partial charge < -0.3 is 15.7 Å². The second kappa shape index (κ2) is 6.00. The summed E-state index contributed by atoms with van der Waals surface area (Å²) >= 11 is 0. The Hall–Kier alpha value is -1.11. The predicted octanol–water partition coefficient (Wildman–Crippen LogP) is -0.0139. The minimum absolute atomic E-state index is 0. The first-order valence-corrected chi connectivity index (χ1v) is 5.45. The average Bonchev–Trinajstić information content (AvgIpc) is 2.86. The smallest absolute Gasteiger partial charge is 0.242 e. The average molecular weight is 261 g/mol. The van der Waals surface area contributed by atoms with Crippen molar-refractivity contribution in [1.82, 2.24) is 15.1 Å². The van der Waals surface area contributed by atoms with Gasteiger partial charge in [0.25, 0.3) is 0 Å². The molecule has 1 saturated heterocycles. The third kappa shape index (κ3) is 3.18. The molecule has 0 aromatic carbocycles. The lowest BCUT2D eigenvalue weighted by molar-refractivity contribution is -0.118. The normalized spacial score (nSPS) is 23.2. The van der Waals surface area contributed by atoms with Gasteiger partial charge in [0.2, 0.25) is 5.91 Å². The van der Waals surface area contributed by atoms with E-state index in [0.29, 0.717) is 25.3 Å². The number of halogens is 1. The SMILES string of the molecule is CCn1nccc1NC(=O)[C@H]1C[C@@H](O)CN1.Cl. The molecular weight excluding hydrogens is 244 g/mol. The van der Waals surface area contributed by atoms with Gasteiger partial charge in [-0.05, 0) is 13.3 Å². The Labute approximate surface area is 106 Å². The van der Waals surface area contributed by atoms with Crippen molar-refractivity contribution < 1.29 is 9.90 Å². The highest BCUT2D eigenvalue weighted by Gasteiger charge is 2.28. The zero-order valence-corrected chi connectivity index (χ0v) is 10.4. The third-order valence-electron chi connectivity index (χ3n) is 2.69. The molecular formula is C10H17ClN4O2. The molecule has 0 spiro atoms. The number of rotatable bonds is 3.